The number of hydrogen-bond acceptors (Lipinski definition) is 5. The van der Waals surface area contributed by atoms with Crippen LogP contribution in [0.2, 0.25) is 0 Å². The van der Waals surface area contributed by atoms with Crippen molar-refractivity contribution >= 4 is 5.97 Å². The van der Waals surface area contributed by atoms with E-state index in [1.54, 1.807) is 7.11 Å². The zero-order valence-corrected chi connectivity index (χ0v) is 16.1. The summed E-state index contributed by atoms with van der Waals surface area (Å²) in [5.74, 6) is -0.885. The maximum absolute atomic E-state index is 12.9. The zero-order valence-electron chi connectivity index (χ0n) is 16.1. The average Bonchev–Trinajstić information content (AvgIpc) is 2.60. The van der Waals surface area contributed by atoms with Crippen LogP contribution in [-0.4, -0.2) is 25.8 Å². The third kappa shape index (κ3) is 3.97. The molecular formula is C21H26N2O3. The lowest BCUT2D eigenvalue weighted by atomic mass is 9.78. The summed E-state index contributed by atoms with van der Waals surface area (Å²) in [6.07, 6.45) is 0.558. The van der Waals surface area contributed by atoms with Crippen LogP contribution in [0.1, 0.15) is 44.7 Å². The van der Waals surface area contributed by atoms with Crippen molar-refractivity contribution < 1.29 is 14.3 Å². The van der Waals surface area contributed by atoms with E-state index >= 15 is 0 Å². The van der Waals surface area contributed by atoms with Crippen molar-refractivity contribution in [3.8, 4) is 6.07 Å². The Hall–Kier alpha value is -2.58. The summed E-state index contributed by atoms with van der Waals surface area (Å²) in [7, 11) is 1.58. The molecule has 1 N–H and O–H groups in total. The summed E-state index contributed by atoms with van der Waals surface area (Å²) < 4.78 is 10.8. The highest BCUT2D eigenvalue weighted by Crippen LogP contribution is 2.40. The fourth-order valence-electron chi connectivity index (χ4n) is 3.27. The van der Waals surface area contributed by atoms with Gasteiger partial charge in [0.25, 0.3) is 0 Å². The molecule has 1 aliphatic rings. The number of ether oxygens (including phenoxy) is 2. The Labute approximate surface area is 155 Å². The van der Waals surface area contributed by atoms with Crippen molar-refractivity contribution in [2.24, 2.45) is 0 Å². The van der Waals surface area contributed by atoms with Crippen LogP contribution >= 0.6 is 0 Å². The molecule has 5 nitrogen and oxygen atoms in total. The summed E-state index contributed by atoms with van der Waals surface area (Å²) >= 11 is 0. The first-order valence-corrected chi connectivity index (χ1v) is 8.83. The summed E-state index contributed by atoms with van der Waals surface area (Å²) in [5, 5.41) is 13.0. The lowest BCUT2D eigenvalue weighted by Gasteiger charge is -2.31. The van der Waals surface area contributed by atoms with Gasteiger partial charge in [0.05, 0.1) is 41.5 Å². The molecule has 0 radical (unpaired) electrons. The molecule has 1 heterocycles. The van der Waals surface area contributed by atoms with Crippen LogP contribution in [0.4, 0.5) is 0 Å². The van der Waals surface area contributed by atoms with E-state index in [1.807, 2.05) is 45.0 Å². The van der Waals surface area contributed by atoms with Gasteiger partial charge in [-0.05, 0) is 38.3 Å². The van der Waals surface area contributed by atoms with Gasteiger partial charge >= 0.3 is 5.97 Å². The Morgan fingerprint density at radius 2 is 2.04 bits per heavy atom. The maximum atomic E-state index is 12.9. The summed E-state index contributed by atoms with van der Waals surface area (Å²) in [5.41, 5.74) is 4.41. The normalized spacial score (nSPS) is 17.2. The molecule has 26 heavy (non-hydrogen) atoms. The molecule has 138 valence electrons. The number of carbonyl (C=O) groups is 1. The van der Waals surface area contributed by atoms with Gasteiger partial charge < -0.3 is 14.8 Å². The molecule has 0 bridgehead atoms. The molecule has 2 rings (SSSR count). The fourth-order valence-corrected chi connectivity index (χ4v) is 3.27. The average molecular weight is 354 g/mol. The summed E-state index contributed by atoms with van der Waals surface area (Å²) in [6, 6.07) is 10.2. The predicted octanol–water partition coefficient (Wildman–Crippen LogP) is 3.59. The number of nitriles is 1. The minimum Gasteiger partial charge on any atom is -0.460 e. The number of nitrogens with zero attached hydrogens (tertiary/aromatic N) is 1. The lowest BCUT2D eigenvalue weighted by Crippen LogP contribution is -2.32. The zero-order chi connectivity index (χ0) is 19.3. The number of rotatable bonds is 6. The smallest absolute Gasteiger partial charge is 0.337 e. The van der Waals surface area contributed by atoms with Crippen LogP contribution in [-0.2, 0) is 20.7 Å². The van der Waals surface area contributed by atoms with Gasteiger partial charge in [-0.15, -0.1) is 0 Å². The molecule has 0 amide bonds. The largest absolute Gasteiger partial charge is 0.460 e. The van der Waals surface area contributed by atoms with Gasteiger partial charge in [0.2, 0.25) is 0 Å². The first kappa shape index (κ1) is 19.7. The van der Waals surface area contributed by atoms with E-state index in [2.05, 4.69) is 18.3 Å². The third-order valence-corrected chi connectivity index (χ3v) is 4.36. The van der Waals surface area contributed by atoms with E-state index in [1.165, 1.54) is 0 Å². The number of nitrogens with one attached hydrogen (secondary N) is 1. The highest BCUT2D eigenvalue weighted by Gasteiger charge is 2.36. The first-order valence-electron chi connectivity index (χ1n) is 8.83. The SMILES string of the molecule is CCc1ccccc1C1C(C#N)=C(C)NC(COC)=C1C(=O)OC(C)C. The van der Waals surface area contributed by atoms with E-state index in [0.29, 0.717) is 16.8 Å². The number of dihydropyridines is 1. The van der Waals surface area contributed by atoms with Gasteiger partial charge in [-0.2, -0.15) is 5.26 Å². The molecule has 1 atom stereocenters. The monoisotopic (exact) mass is 354 g/mol. The Kier molecular flexibility index (Phi) is 6.59. The molecule has 0 aromatic heterocycles. The van der Waals surface area contributed by atoms with Crippen LogP contribution in [0, 0.1) is 11.3 Å². The Balaban J connectivity index is 2.71. The molecule has 1 aromatic rings. The summed E-state index contributed by atoms with van der Waals surface area (Å²) in [4.78, 5) is 12.9. The molecule has 1 aromatic carbocycles. The number of benzene rings is 1. The van der Waals surface area contributed by atoms with Gasteiger partial charge in [-0.1, -0.05) is 31.2 Å². The molecule has 1 unspecified atom stereocenters. The van der Waals surface area contributed by atoms with Crippen molar-refractivity contribution in [1.29, 1.82) is 5.26 Å². The number of hydrogen-bond donors (Lipinski definition) is 1. The topological polar surface area (TPSA) is 71.3 Å². The van der Waals surface area contributed by atoms with Crippen molar-refractivity contribution in [3.63, 3.8) is 0 Å². The number of allylic oxidation sites excluding steroid dienone is 2. The molecule has 0 fully saturated rings. The predicted molar refractivity (Wildman–Crippen MR) is 100 cm³/mol. The van der Waals surface area contributed by atoms with Crippen molar-refractivity contribution in [2.45, 2.75) is 46.1 Å². The minimum atomic E-state index is -0.464. The van der Waals surface area contributed by atoms with E-state index < -0.39 is 11.9 Å². The van der Waals surface area contributed by atoms with Gasteiger partial charge in [0, 0.05) is 12.8 Å². The Morgan fingerprint density at radius 3 is 2.62 bits per heavy atom. The second kappa shape index (κ2) is 8.68. The van der Waals surface area contributed by atoms with Crippen LogP contribution in [0.25, 0.3) is 0 Å². The van der Waals surface area contributed by atoms with Crippen molar-refractivity contribution in [2.75, 3.05) is 13.7 Å². The fraction of sp³-hybridized carbons (Fsp3) is 0.429. The molecule has 0 saturated heterocycles. The summed E-state index contributed by atoms with van der Waals surface area (Å²) in [6.45, 7) is 7.77. The Morgan fingerprint density at radius 1 is 1.35 bits per heavy atom. The van der Waals surface area contributed by atoms with Gasteiger partial charge in [-0.3, -0.25) is 0 Å². The Bertz CT molecular complexity index is 785. The van der Waals surface area contributed by atoms with Gasteiger partial charge in [-0.25, -0.2) is 4.79 Å². The standard InChI is InChI=1S/C21H26N2O3/c1-6-15-9-7-8-10-16(15)19-17(11-22)14(4)23-18(12-25-5)20(19)21(24)26-13(2)3/h7-10,13,19,23H,6,12H2,1-5H3. The number of carbonyl (C=O) groups excluding carboxylic acids is 1. The van der Waals surface area contributed by atoms with Crippen LogP contribution in [0.3, 0.4) is 0 Å². The van der Waals surface area contributed by atoms with Crippen LogP contribution in [0.15, 0.2) is 46.8 Å². The van der Waals surface area contributed by atoms with E-state index in [4.69, 9.17) is 9.47 Å². The minimum absolute atomic E-state index is 0.239. The van der Waals surface area contributed by atoms with Crippen LogP contribution < -0.4 is 5.32 Å². The molecular weight excluding hydrogens is 328 g/mol. The van der Waals surface area contributed by atoms with Gasteiger partial charge in [0.1, 0.15) is 0 Å². The lowest BCUT2D eigenvalue weighted by molar-refractivity contribution is -0.143. The van der Waals surface area contributed by atoms with Crippen LogP contribution in [0.5, 0.6) is 0 Å². The molecule has 5 heteroatoms. The van der Waals surface area contributed by atoms with E-state index in [9.17, 15) is 10.1 Å². The molecule has 0 aliphatic carbocycles. The number of methoxy groups -OCH3 is 1. The second-order valence-electron chi connectivity index (χ2n) is 6.54. The van der Waals surface area contributed by atoms with E-state index in [0.717, 1.165) is 23.2 Å². The number of aryl methyl sites for hydroxylation is 1. The quantitative estimate of drug-likeness (QED) is 0.791. The first-order chi connectivity index (χ1) is 12.4. The van der Waals surface area contributed by atoms with Crippen molar-refractivity contribution in [1.82, 2.24) is 5.32 Å². The highest BCUT2D eigenvalue weighted by molar-refractivity contribution is 5.93. The van der Waals surface area contributed by atoms with Gasteiger partial charge in [0.15, 0.2) is 0 Å². The van der Waals surface area contributed by atoms with E-state index in [-0.39, 0.29) is 12.7 Å². The maximum Gasteiger partial charge on any atom is 0.337 e. The second-order valence-corrected chi connectivity index (χ2v) is 6.54. The molecule has 1 aliphatic heterocycles. The van der Waals surface area contributed by atoms with Crippen molar-refractivity contribution in [3.05, 3.63) is 57.9 Å². The highest BCUT2D eigenvalue weighted by atomic mass is 16.5. The molecule has 0 saturated carbocycles. The third-order valence-electron chi connectivity index (χ3n) is 4.36. The molecule has 0 spiro atoms. The number of esters is 1.